The fourth-order valence-electron chi connectivity index (χ4n) is 3.01. The summed E-state index contributed by atoms with van der Waals surface area (Å²) in [5.41, 5.74) is 1.99. The molecule has 1 aromatic carbocycles. The number of benzene rings is 1. The Balaban J connectivity index is 2.16. The van der Waals surface area contributed by atoms with Crippen molar-refractivity contribution in [2.45, 2.75) is 39.3 Å². The van der Waals surface area contributed by atoms with Crippen LogP contribution in [-0.2, 0) is 0 Å². The lowest BCUT2D eigenvalue weighted by Gasteiger charge is -2.27. The van der Waals surface area contributed by atoms with Crippen molar-refractivity contribution < 1.29 is 4.39 Å². The molecule has 1 aromatic rings. The third-order valence-corrected chi connectivity index (χ3v) is 4.09. The Labute approximate surface area is 116 Å². The molecule has 0 amide bonds. The highest BCUT2D eigenvalue weighted by Gasteiger charge is 2.32. The van der Waals surface area contributed by atoms with Gasteiger partial charge in [0, 0.05) is 18.6 Å². The first kappa shape index (κ1) is 14.5. The highest BCUT2D eigenvalue weighted by atomic mass is 19.1. The summed E-state index contributed by atoms with van der Waals surface area (Å²) in [4.78, 5) is 2.39. The number of rotatable bonds is 4. The smallest absolute Gasteiger partial charge is 0.126 e. The van der Waals surface area contributed by atoms with Crippen LogP contribution in [0.3, 0.4) is 0 Å². The fourth-order valence-corrected chi connectivity index (χ4v) is 3.01. The van der Waals surface area contributed by atoms with Gasteiger partial charge in [-0.05, 0) is 50.0 Å². The number of hydrogen-bond donors (Lipinski definition) is 1. The zero-order valence-electron chi connectivity index (χ0n) is 12.4. The van der Waals surface area contributed by atoms with E-state index in [0.717, 1.165) is 18.7 Å². The predicted molar refractivity (Wildman–Crippen MR) is 77.8 cm³/mol. The van der Waals surface area contributed by atoms with Crippen molar-refractivity contribution >= 4 is 0 Å². The van der Waals surface area contributed by atoms with Crippen LogP contribution in [0.4, 0.5) is 4.39 Å². The Morgan fingerprint density at radius 3 is 2.79 bits per heavy atom. The van der Waals surface area contributed by atoms with E-state index in [-0.39, 0.29) is 5.82 Å². The number of hydrogen-bond acceptors (Lipinski definition) is 2. The molecule has 0 saturated carbocycles. The van der Waals surface area contributed by atoms with E-state index in [1.54, 1.807) is 6.07 Å². The predicted octanol–water partition coefficient (Wildman–Crippen LogP) is 3.12. The number of nitrogens with one attached hydrogen (secondary N) is 1. The van der Waals surface area contributed by atoms with E-state index < -0.39 is 0 Å². The Hall–Kier alpha value is -0.930. The van der Waals surface area contributed by atoms with Gasteiger partial charge in [0.25, 0.3) is 0 Å². The summed E-state index contributed by atoms with van der Waals surface area (Å²) in [6, 6.07) is 6.47. The molecule has 19 heavy (non-hydrogen) atoms. The van der Waals surface area contributed by atoms with Crippen LogP contribution in [0.1, 0.15) is 37.4 Å². The second-order valence-corrected chi connectivity index (χ2v) is 6.05. The van der Waals surface area contributed by atoms with Crippen molar-refractivity contribution in [3.8, 4) is 0 Å². The van der Waals surface area contributed by atoms with Crippen molar-refractivity contribution in [3.05, 3.63) is 35.1 Å². The van der Waals surface area contributed by atoms with Crippen LogP contribution in [0.5, 0.6) is 0 Å². The first-order valence-electron chi connectivity index (χ1n) is 7.18. The summed E-state index contributed by atoms with van der Waals surface area (Å²) in [5.74, 6) is 0.499. The van der Waals surface area contributed by atoms with Crippen molar-refractivity contribution in [2.24, 2.45) is 5.92 Å². The van der Waals surface area contributed by atoms with Crippen molar-refractivity contribution in [2.75, 3.05) is 20.1 Å². The summed E-state index contributed by atoms with van der Waals surface area (Å²) in [6.45, 7) is 8.34. The molecule has 3 heteroatoms. The van der Waals surface area contributed by atoms with Gasteiger partial charge in [-0.25, -0.2) is 4.39 Å². The van der Waals surface area contributed by atoms with Crippen LogP contribution in [0, 0.1) is 18.7 Å². The molecule has 1 N–H and O–H groups in total. The van der Waals surface area contributed by atoms with E-state index >= 15 is 0 Å². The summed E-state index contributed by atoms with van der Waals surface area (Å²) < 4.78 is 13.4. The van der Waals surface area contributed by atoms with Crippen LogP contribution in [0.25, 0.3) is 0 Å². The molecular weight excluding hydrogens is 239 g/mol. The first-order chi connectivity index (χ1) is 8.99. The molecule has 0 spiro atoms. The van der Waals surface area contributed by atoms with Gasteiger partial charge in [-0.2, -0.15) is 0 Å². The molecule has 1 fully saturated rings. The zero-order valence-corrected chi connectivity index (χ0v) is 12.4. The van der Waals surface area contributed by atoms with Crippen LogP contribution >= 0.6 is 0 Å². The van der Waals surface area contributed by atoms with E-state index in [1.807, 2.05) is 19.1 Å². The maximum atomic E-state index is 13.4. The minimum atomic E-state index is -0.110. The molecule has 0 aromatic heterocycles. The quantitative estimate of drug-likeness (QED) is 0.899. The lowest BCUT2D eigenvalue weighted by molar-refractivity contribution is 0.269. The van der Waals surface area contributed by atoms with Gasteiger partial charge in [0.15, 0.2) is 0 Å². The van der Waals surface area contributed by atoms with E-state index in [1.165, 1.54) is 12.0 Å². The van der Waals surface area contributed by atoms with Crippen molar-refractivity contribution in [1.29, 1.82) is 0 Å². The zero-order chi connectivity index (χ0) is 14.0. The summed E-state index contributed by atoms with van der Waals surface area (Å²) in [7, 11) is 2.17. The van der Waals surface area contributed by atoms with Gasteiger partial charge in [-0.15, -0.1) is 0 Å². The molecule has 1 heterocycles. The summed E-state index contributed by atoms with van der Waals surface area (Å²) >= 11 is 0. The Morgan fingerprint density at radius 2 is 2.16 bits per heavy atom. The van der Waals surface area contributed by atoms with Gasteiger partial charge in [0.2, 0.25) is 0 Å². The Kier molecular flexibility index (Phi) is 4.58. The van der Waals surface area contributed by atoms with Gasteiger partial charge in [-0.1, -0.05) is 26.0 Å². The lowest BCUT2D eigenvalue weighted by atomic mass is 9.92. The van der Waals surface area contributed by atoms with Gasteiger partial charge < -0.3 is 5.32 Å². The standard InChI is InChI=1S/C16H25FN2/c1-11(2)18-10-14-7-8-19(4)16(14)13-5-6-15(17)12(3)9-13/h5-6,9,11,14,16,18H,7-8,10H2,1-4H3. The van der Waals surface area contributed by atoms with Gasteiger partial charge in [-0.3, -0.25) is 4.90 Å². The van der Waals surface area contributed by atoms with E-state index in [0.29, 0.717) is 18.0 Å². The van der Waals surface area contributed by atoms with Crippen LogP contribution in [-0.4, -0.2) is 31.1 Å². The fraction of sp³-hybridized carbons (Fsp3) is 0.625. The average Bonchev–Trinajstić information content (AvgIpc) is 2.71. The normalized spacial score (nSPS) is 24.3. The molecule has 0 aliphatic carbocycles. The molecular formula is C16H25FN2. The molecule has 1 aliphatic heterocycles. The third-order valence-electron chi connectivity index (χ3n) is 4.09. The average molecular weight is 264 g/mol. The van der Waals surface area contributed by atoms with Gasteiger partial charge >= 0.3 is 0 Å². The maximum Gasteiger partial charge on any atom is 0.126 e. The molecule has 2 nitrogen and oxygen atoms in total. The molecule has 1 saturated heterocycles. The molecule has 2 atom stereocenters. The number of halogens is 1. The monoisotopic (exact) mass is 264 g/mol. The van der Waals surface area contributed by atoms with E-state index in [2.05, 4.69) is 31.1 Å². The number of aryl methyl sites for hydroxylation is 1. The van der Waals surface area contributed by atoms with Gasteiger partial charge in [0.1, 0.15) is 5.82 Å². The number of nitrogens with zero attached hydrogens (tertiary/aromatic N) is 1. The summed E-state index contributed by atoms with van der Waals surface area (Å²) in [6.07, 6.45) is 1.21. The van der Waals surface area contributed by atoms with E-state index in [4.69, 9.17) is 0 Å². The highest BCUT2D eigenvalue weighted by Crippen LogP contribution is 2.36. The topological polar surface area (TPSA) is 15.3 Å². The van der Waals surface area contributed by atoms with Crippen LogP contribution < -0.4 is 5.32 Å². The third kappa shape index (κ3) is 3.34. The molecule has 106 valence electrons. The van der Waals surface area contributed by atoms with Gasteiger partial charge in [0.05, 0.1) is 0 Å². The second kappa shape index (κ2) is 6.02. The highest BCUT2D eigenvalue weighted by molar-refractivity contribution is 5.27. The van der Waals surface area contributed by atoms with Crippen molar-refractivity contribution in [1.82, 2.24) is 10.2 Å². The Bertz CT molecular complexity index is 431. The maximum absolute atomic E-state index is 13.4. The number of likely N-dealkylation sites (tertiary alicyclic amines) is 1. The van der Waals surface area contributed by atoms with Crippen LogP contribution in [0.2, 0.25) is 0 Å². The SMILES string of the molecule is Cc1cc(C2C(CNC(C)C)CCN2C)ccc1F. The van der Waals surface area contributed by atoms with E-state index in [9.17, 15) is 4.39 Å². The minimum Gasteiger partial charge on any atom is -0.314 e. The van der Waals surface area contributed by atoms with Crippen LogP contribution in [0.15, 0.2) is 18.2 Å². The van der Waals surface area contributed by atoms with Crippen molar-refractivity contribution in [3.63, 3.8) is 0 Å². The Morgan fingerprint density at radius 1 is 1.42 bits per heavy atom. The molecule has 0 bridgehead atoms. The molecule has 0 radical (unpaired) electrons. The minimum absolute atomic E-state index is 0.110. The first-order valence-corrected chi connectivity index (χ1v) is 7.18. The second-order valence-electron chi connectivity index (χ2n) is 6.05. The molecule has 2 unspecified atom stereocenters. The largest absolute Gasteiger partial charge is 0.314 e. The lowest BCUT2D eigenvalue weighted by Crippen LogP contribution is -2.32. The molecule has 2 rings (SSSR count). The molecule has 1 aliphatic rings. The summed E-state index contributed by atoms with van der Waals surface area (Å²) in [5, 5.41) is 3.53.